The number of ether oxygens (including phenoxy) is 1. The monoisotopic (exact) mass is 356 g/mol. The maximum atomic E-state index is 10.7. The van der Waals surface area contributed by atoms with Crippen LogP contribution in [-0.4, -0.2) is 9.91 Å². The number of non-ortho nitro benzene ring substituents is 1. The zero-order valence-corrected chi connectivity index (χ0v) is 12.6. The number of aromatic nitrogens is 1. The van der Waals surface area contributed by atoms with Crippen molar-refractivity contribution in [1.29, 1.82) is 0 Å². The summed E-state index contributed by atoms with van der Waals surface area (Å²) in [6, 6.07) is 8.05. The summed E-state index contributed by atoms with van der Waals surface area (Å²) < 4.78 is 6.49. The lowest BCUT2D eigenvalue weighted by atomic mass is 10.2. The Morgan fingerprint density at radius 1 is 1.35 bits per heavy atom. The maximum Gasteiger partial charge on any atom is 0.270 e. The molecule has 1 aromatic heterocycles. The summed E-state index contributed by atoms with van der Waals surface area (Å²) in [5, 5.41) is 10.7. The van der Waals surface area contributed by atoms with Gasteiger partial charge < -0.3 is 4.74 Å². The van der Waals surface area contributed by atoms with Gasteiger partial charge in [0.15, 0.2) is 0 Å². The van der Waals surface area contributed by atoms with Gasteiger partial charge in [-0.2, -0.15) is 0 Å². The van der Waals surface area contributed by atoms with E-state index in [0.29, 0.717) is 11.3 Å². The van der Waals surface area contributed by atoms with Crippen molar-refractivity contribution in [3.05, 3.63) is 62.4 Å². The standard InChI is InChI=1S/C13H10BrClN2O3/c14-10-1-2-11(16-7-10)8-20-13-4-3-12(17(18)19)5-9(13)6-15/h1-5,7H,6,8H2. The number of nitrogens with zero attached hydrogens (tertiary/aromatic N) is 2. The van der Waals surface area contributed by atoms with Crippen LogP contribution >= 0.6 is 27.5 Å². The molecule has 0 amide bonds. The molecule has 7 heteroatoms. The number of hydrogen-bond donors (Lipinski definition) is 0. The molecule has 0 atom stereocenters. The summed E-state index contributed by atoms with van der Waals surface area (Å²) in [5.41, 5.74) is 1.33. The van der Waals surface area contributed by atoms with Gasteiger partial charge in [0.05, 0.1) is 16.5 Å². The molecule has 20 heavy (non-hydrogen) atoms. The second-order valence-corrected chi connectivity index (χ2v) is 5.12. The Labute approximate surface area is 128 Å². The number of pyridine rings is 1. The fraction of sp³-hybridized carbons (Fsp3) is 0.154. The van der Waals surface area contributed by atoms with E-state index in [-0.39, 0.29) is 18.2 Å². The summed E-state index contributed by atoms with van der Waals surface area (Å²) in [6.07, 6.45) is 1.68. The number of hydrogen-bond acceptors (Lipinski definition) is 4. The van der Waals surface area contributed by atoms with E-state index in [9.17, 15) is 10.1 Å². The third-order valence-electron chi connectivity index (χ3n) is 2.56. The van der Waals surface area contributed by atoms with Crippen LogP contribution in [0.5, 0.6) is 5.75 Å². The number of halogens is 2. The second kappa shape index (κ2) is 6.67. The van der Waals surface area contributed by atoms with E-state index < -0.39 is 4.92 Å². The van der Waals surface area contributed by atoms with Gasteiger partial charge >= 0.3 is 0 Å². The summed E-state index contributed by atoms with van der Waals surface area (Å²) >= 11 is 9.09. The minimum absolute atomic E-state index is 0.00485. The first-order valence-corrected chi connectivity index (χ1v) is 6.99. The first-order valence-electron chi connectivity index (χ1n) is 5.66. The minimum Gasteiger partial charge on any atom is -0.487 e. The van der Waals surface area contributed by atoms with E-state index in [0.717, 1.165) is 10.2 Å². The molecule has 2 rings (SSSR count). The number of alkyl halides is 1. The first kappa shape index (κ1) is 14.7. The van der Waals surface area contributed by atoms with Crippen LogP contribution in [0.15, 0.2) is 41.0 Å². The number of nitro groups is 1. The Balaban J connectivity index is 2.12. The maximum absolute atomic E-state index is 10.7. The van der Waals surface area contributed by atoms with Crippen molar-refractivity contribution >= 4 is 33.2 Å². The van der Waals surface area contributed by atoms with Crippen LogP contribution in [-0.2, 0) is 12.5 Å². The van der Waals surface area contributed by atoms with Crippen LogP contribution in [0.25, 0.3) is 0 Å². The topological polar surface area (TPSA) is 65.3 Å². The number of benzene rings is 1. The van der Waals surface area contributed by atoms with Crippen LogP contribution in [0.4, 0.5) is 5.69 Å². The third-order valence-corrected chi connectivity index (χ3v) is 3.32. The molecule has 0 bridgehead atoms. The van der Waals surface area contributed by atoms with Crippen molar-refractivity contribution in [1.82, 2.24) is 4.98 Å². The van der Waals surface area contributed by atoms with Gasteiger partial charge in [-0.3, -0.25) is 15.1 Å². The van der Waals surface area contributed by atoms with Gasteiger partial charge in [0.2, 0.25) is 0 Å². The quantitative estimate of drug-likeness (QED) is 0.459. The van der Waals surface area contributed by atoms with Crippen LogP contribution < -0.4 is 4.74 Å². The lowest BCUT2D eigenvalue weighted by Crippen LogP contribution is -2.00. The van der Waals surface area contributed by atoms with Gasteiger partial charge in [-0.25, -0.2) is 0 Å². The van der Waals surface area contributed by atoms with Gasteiger partial charge in [-0.15, -0.1) is 11.6 Å². The van der Waals surface area contributed by atoms with Crippen molar-refractivity contribution in [2.75, 3.05) is 0 Å². The summed E-state index contributed by atoms with van der Waals surface area (Å²) in [7, 11) is 0. The largest absolute Gasteiger partial charge is 0.487 e. The smallest absolute Gasteiger partial charge is 0.270 e. The highest BCUT2D eigenvalue weighted by atomic mass is 79.9. The van der Waals surface area contributed by atoms with Crippen molar-refractivity contribution in [3.8, 4) is 5.75 Å². The van der Waals surface area contributed by atoms with Crippen LogP contribution in [0.2, 0.25) is 0 Å². The van der Waals surface area contributed by atoms with Gasteiger partial charge in [-0.05, 0) is 34.1 Å². The zero-order chi connectivity index (χ0) is 14.5. The fourth-order valence-electron chi connectivity index (χ4n) is 1.57. The van der Waals surface area contributed by atoms with Gasteiger partial charge in [-0.1, -0.05) is 0 Å². The SMILES string of the molecule is O=[N+]([O-])c1ccc(OCc2ccc(Br)cn2)c(CCl)c1. The highest BCUT2D eigenvalue weighted by Crippen LogP contribution is 2.26. The molecular formula is C13H10BrClN2O3. The summed E-state index contributed by atoms with van der Waals surface area (Å²) in [6.45, 7) is 0.273. The second-order valence-electron chi connectivity index (χ2n) is 3.94. The lowest BCUT2D eigenvalue weighted by molar-refractivity contribution is -0.384. The molecule has 0 fully saturated rings. The van der Waals surface area contributed by atoms with Gasteiger partial charge in [0.25, 0.3) is 5.69 Å². The molecule has 0 aliphatic heterocycles. The molecule has 1 heterocycles. The first-order chi connectivity index (χ1) is 9.60. The molecule has 0 aliphatic rings. The lowest BCUT2D eigenvalue weighted by Gasteiger charge is -2.09. The fourth-order valence-corrected chi connectivity index (χ4v) is 2.01. The zero-order valence-electron chi connectivity index (χ0n) is 10.3. The Morgan fingerprint density at radius 3 is 2.75 bits per heavy atom. The molecule has 1 aromatic carbocycles. The Kier molecular flexibility index (Phi) is 4.92. The Hall–Kier alpha value is -1.66. The minimum atomic E-state index is -0.462. The van der Waals surface area contributed by atoms with Gasteiger partial charge in [0, 0.05) is 28.4 Å². The molecule has 5 nitrogen and oxygen atoms in total. The Bertz CT molecular complexity index is 620. The van der Waals surface area contributed by atoms with E-state index in [1.54, 1.807) is 12.3 Å². The number of rotatable bonds is 5. The summed E-state index contributed by atoms with van der Waals surface area (Å²) in [5.74, 6) is 0.667. The van der Waals surface area contributed by atoms with Crippen molar-refractivity contribution in [2.24, 2.45) is 0 Å². The molecule has 0 saturated carbocycles. The average molecular weight is 358 g/mol. The molecular weight excluding hydrogens is 348 g/mol. The van der Waals surface area contributed by atoms with Crippen LogP contribution in [0.1, 0.15) is 11.3 Å². The molecule has 0 unspecified atom stereocenters. The van der Waals surface area contributed by atoms with E-state index in [2.05, 4.69) is 20.9 Å². The van der Waals surface area contributed by atoms with E-state index in [4.69, 9.17) is 16.3 Å². The molecule has 0 aliphatic carbocycles. The predicted octanol–water partition coefficient (Wildman–Crippen LogP) is 4.07. The summed E-state index contributed by atoms with van der Waals surface area (Å²) in [4.78, 5) is 14.4. The predicted molar refractivity (Wildman–Crippen MR) is 78.9 cm³/mol. The van der Waals surface area contributed by atoms with E-state index in [1.165, 1.54) is 12.1 Å². The molecule has 0 spiro atoms. The average Bonchev–Trinajstić information content (AvgIpc) is 2.46. The molecule has 0 saturated heterocycles. The Morgan fingerprint density at radius 2 is 2.15 bits per heavy atom. The number of nitro benzene ring substituents is 1. The van der Waals surface area contributed by atoms with E-state index >= 15 is 0 Å². The molecule has 0 N–H and O–H groups in total. The van der Waals surface area contributed by atoms with Crippen molar-refractivity contribution in [2.45, 2.75) is 12.5 Å². The van der Waals surface area contributed by atoms with Crippen molar-refractivity contribution < 1.29 is 9.66 Å². The third kappa shape index (κ3) is 3.68. The highest BCUT2D eigenvalue weighted by molar-refractivity contribution is 9.10. The molecule has 2 aromatic rings. The highest BCUT2D eigenvalue weighted by Gasteiger charge is 2.11. The van der Waals surface area contributed by atoms with Crippen LogP contribution in [0.3, 0.4) is 0 Å². The van der Waals surface area contributed by atoms with E-state index in [1.807, 2.05) is 12.1 Å². The van der Waals surface area contributed by atoms with Crippen molar-refractivity contribution in [3.63, 3.8) is 0 Å². The molecule has 104 valence electrons. The molecule has 0 radical (unpaired) electrons. The van der Waals surface area contributed by atoms with Gasteiger partial charge in [0.1, 0.15) is 12.4 Å². The van der Waals surface area contributed by atoms with Crippen LogP contribution in [0, 0.1) is 10.1 Å². The normalized spacial score (nSPS) is 10.3.